The third-order valence-corrected chi connectivity index (χ3v) is 5.43. The molecule has 26 heavy (non-hydrogen) atoms. The summed E-state index contributed by atoms with van der Waals surface area (Å²) in [5, 5.41) is 12.2. The van der Waals surface area contributed by atoms with Crippen LogP contribution in [0.4, 0.5) is 0 Å². The van der Waals surface area contributed by atoms with E-state index in [1.807, 2.05) is 6.07 Å². The van der Waals surface area contributed by atoms with Gasteiger partial charge in [0.15, 0.2) is 6.61 Å². The Morgan fingerprint density at radius 1 is 1.08 bits per heavy atom. The highest BCUT2D eigenvalue weighted by atomic mass is 16.5. The Bertz CT molecular complexity index is 714. The van der Waals surface area contributed by atoms with Gasteiger partial charge in [0, 0.05) is 0 Å². The Morgan fingerprint density at radius 3 is 2.54 bits per heavy atom. The number of nitrogens with zero attached hydrogens (tertiary/aromatic N) is 1. The lowest BCUT2D eigenvalue weighted by atomic mass is 9.83. The van der Waals surface area contributed by atoms with Crippen molar-refractivity contribution in [2.45, 2.75) is 69.7 Å². The number of carbonyl (C=O) groups is 2. The topological polar surface area (TPSA) is 79.2 Å². The molecule has 0 radical (unpaired) electrons. The molecule has 0 aromatic heterocycles. The smallest absolute Gasteiger partial charge is 0.310 e. The van der Waals surface area contributed by atoms with Crippen LogP contribution in [0.5, 0.6) is 0 Å². The zero-order valence-corrected chi connectivity index (χ0v) is 15.2. The number of ether oxygens (including phenoxy) is 1. The van der Waals surface area contributed by atoms with Crippen molar-refractivity contribution in [1.82, 2.24) is 5.32 Å². The van der Waals surface area contributed by atoms with Gasteiger partial charge in [0.1, 0.15) is 5.54 Å². The lowest BCUT2D eigenvalue weighted by Gasteiger charge is -2.31. The molecule has 2 aliphatic carbocycles. The first-order valence-corrected chi connectivity index (χ1v) is 9.59. The highest BCUT2D eigenvalue weighted by Gasteiger charge is 2.33. The zero-order chi connectivity index (χ0) is 18.4. The van der Waals surface area contributed by atoms with Crippen molar-refractivity contribution in [3.05, 3.63) is 34.9 Å². The van der Waals surface area contributed by atoms with Crippen LogP contribution in [0.3, 0.4) is 0 Å². The fourth-order valence-corrected chi connectivity index (χ4v) is 3.98. The van der Waals surface area contributed by atoms with Crippen molar-refractivity contribution in [3.63, 3.8) is 0 Å². The molecule has 1 fully saturated rings. The van der Waals surface area contributed by atoms with Gasteiger partial charge in [0.2, 0.25) is 0 Å². The number of fused-ring (bicyclic) bond motifs is 1. The first-order valence-electron chi connectivity index (χ1n) is 9.59. The monoisotopic (exact) mass is 354 g/mol. The Hall–Kier alpha value is -2.35. The number of aryl methyl sites for hydroxylation is 2. The standard InChI is InChI=1S/C21H26N2O3/c22-15-21(10-4-1-5-11-21)23-19(24)14-26-20(25)13-16-8-9-17-6-2-3-7-18(17)12-16/h8-9,12H,1-7,10-11,13-14H2,(H,23,24). The quantitative estimate of drug-likeness (QED) is 0.825. The van der Waals surface area contributed by atoms with Gasteiger partial charge in [0.25, 0.3) is 5.91 Å². The summed E-state index contributed by atoms with van der Waals surface area (Å²) in [6.07, 6.45) is 9.07. The molecule has 0 bridgehead atoms. The fraction of sp³-hybridized carbons (Fsp3) is 0.571. The minimum atomic E-state index is -0.791. The number of amides is 1. The van der Waals surface area contributed by atoms with Crippen LogP contribution in [-0.2, 0) is 33.6 Å². The lowest BCUT2D eigenvalue weighted by molar-refractivity contribution is -0.148. The van der Waals surface area contributed by atoms with E-state index < -0.39 is 17.4 Å². The molecule has 0 aliphatic heterocycles. The van der Waals surface area contributed by atoms with Crippen molar-refractivity contribution in [3.8, 4) is 6.07 Å². The molecule has 0 saturated heterocycles. The molecule has 0 unspecified atom stereocenters. The molecule has 1 aromatic rings. The van der Waals surface area contributed by atoms with E-state index in [1.54, 1.807) is 0 Å². The Morgan fingerprint density at radius 2 is 1.81 bits per heavy atom. The van der Waals surface area contributed by atoms with Crippen LogP contribution in [0.1, 0.15) is 61.6 Å². The number of carbonyl (C=O) groups excluding carboxylic acids is 2. The van der Waals surface area contributed by atoms with E-state index in [-0.39, 0.29) is 13.0 Å². The third-order valence-electron chi connectivity index (χ3n) is 5.43. The maximum Gasteiger partial charge on any atom is 0.310 e. The van der Waals surface area contributed by atoms with Gasteiger partial charge in [-0.1, -0.05) is 37.5 Å². The molecule has 5 nitrogen and oxygen atoms in total. The van der Waals surface area contributed by atoms with Gasteiger partial charge in [-0.3, -0.25) is 9.59 Å². The zero-order valence-electron chi connectivity index (χ0n) is 15.2. The summed E-state index contributed by atoms with van der Waals surface area (Å²) < 4.78 is 5.12. The summed E-state index contributed by atoms with van der Waals surface area (Å²) >= 11 is 0. The molecule has 1 saturated carbocycles. The molecular weight excluding hydrogens is 328 g/mol. The van der Waals surface area contributed by atoms with Crippen molar-refractivity contribution >= 4 is 11.9 Å². The molecular formula is C21H26N2O3. The van der Waals surface area contributed by atoms with Crippen LogP contribution in [0.15, 0.2) is 18.2 Å². The van der Waals surface area contributed by atoms with Gasteiger partial charge >= 0.3 is 5.97 Å². The highest BCUT2D eigenvalue weighted by molar-refractivity contribution is 5.82. The van der Waals surface area contributed by atoms with Crippen molar-refractivity contribution in [2.24, 2.45) is 0 Å². The van der Waals surface area contributed by atoms with E-state index in [9.17, 15) is 14.9 Å². The van der Waals surface area contributed by atoms with E-state index in [4.69, 9.17) is 4.74 Å². The average Bonchev–Trinajstić information content (AvgIpc) is 2.67. The van der Waals surface area contributed by atoms with Crippen LogP contribution in [-0.4, -0.2) is 24.0 Å². The van der Waals surface area contributed by atoms with Gasteiger partial charge in [-0.25, -0.2) is 0 Å². The Kier molecular flexibility index (Phi) is 5.92. The first-order chi connectivity index (χ1) is 12.6. The summed E-state index contributed by atoms with van der Waals surface area (Å²) in [6, 6.07) is 8.39. The Labute approximate surface area is 154 Å². The van der Waals surface area contributed by atoms with Crippen molar-refractivity contribution in [2.75, 3.05) is 6.61 Å². The normalized spacial score (nSPS) is 18.3. The molecule has 1 amide bonds. The molecule has 138 valence electrons. The van der Waals surface area contributed by atoms with Gasteiger partial charge in [-0.2, -0.15) is 5.26 Å². The van der Waals surface area contributed by atoms with Crippen molar-refractivity contribution in [1.29, 1.82) is 5.26 Å². The molecule has 0 heterocycles. The maximum absolute atomic E-state index is 12.1. The SMILES string of the molecule is N#CC1(NC(=O)COC(=O)Cc2ccc3c(c2)CCCC3)CCCCC1. The van der Waals surface area contributed by atoms with E-state index in [2.05, 4.69) is 23.5 Å². The summed E-state index contributed by atoms with van der Waals surface area (Å²) in [7, 11) is 0. The Balaban J connectivity index is 1.48. The molecule has 3 rings (SSSR count). The lowest BCUT2D eigenvalue weighted by Crippen LogP contribution is -2.50. The number of nitrogens with one attached hydrogen (secondary N) is 1. The average molecular weight is 354 g/mol. The first kappa shape index (κ1) is 18.4. The number of nitriles is 1. The summed E-state index contributed by atoms with van der Waals surface area (Å²) in [4.78, 5) is 24.1. The van der Waals surface area contributed by atoms with Gasteiger partial charge in [-0.15, -0.1) is 0 Å². The van der Waals surface area contributed by atoms with Crippen LogP contribution in [0.2, 0.25) is 0 Å². The number of hydrogen-bond acceptors (Lipinski definition) is 4. The van der Waals surface area contributed by atoms with Crippen molar-refractivity contribution < 1.29 is 14.3 Å². The van der Waals surface area contributed by atoms with Gasteiger partial charge < -0.3 is 10.1 Å². The minimum absolute atomic E-state index is 0.171. The molecule has 1 N–H and O–H groups in total. The van der Waals surface area contributed by atoms with Crippen LogP contribution in [0.25, 0.3) is 0 Å². The maximum atomic E-state index is 12.1. The number of esters is 1. The van der Waals surface area contributed by atoms with E-state index >= 15 is 0 Å². The van der Waals surface area contributed by atoms with E-state index in [1.165, 1.54) is 24.0 Å². The molecule has 5 heteroatoms. The second kappa shape index (κ2) is 8.35. The van der Waals surface area contributed by atoms with E-state index in [0.29, 0.717) is 12.8 Å². The highest BCUT2D eigenvalue weighted by Crippen LogP contribution is 2.27. The number of benzene rings is 1. The minimum Gasteiger partial charge on any atom is -0.455 e. The van der Waals surface area contributed by atoms with Crippen LogP contribution < -0.4 is 5.32 Å². The molecule has 1 aromatic carbocycles. The summed E-state index contributed by atoms with van der Waals surface area (Å²) in [5.74, 6) is -0.808. The van der Waals surface area contributed by atoms with E-state index in [0.717, 1.165) is 37.7 Å². The third kappa shape index (κ3) is 4.63. The fourth-order valence-electron chi connectivity index (χ4n) is 3.98. The van der Waals surface area contributed by atoms with Gasteiger partial charge in [-0.05, 0) is 55.2 Å². The second-order valence-corrected chi connectivity index (χ2v) is 7.45. The predicted molar refractivity (Wildman–Crippen MR) is 97.3 cm³/mol. The molecule has 0 spiro atoms. The van der Waals surface area contributed by atoms with Gasteiger partial charge in [0.05, 0.1) is 12.5 Å². The summed E-state index contributed by atoms with van der Waals surface area (Å²) in [6.45, 7) is -0.326. The predicted octanol–water partition coefficient (Wildman–Crippen LogP) is 2.99. The van der Waals surface area contributed by atoms with Crippen LogP contribution in [0, 0.1) is 11.3 Å². The summed E-state index contributed by atoms with van der Waals surface area (Å²) in [5.41, 5.74) is 2.84. The number of rotatable bonds is 5. The number of hydrogen-bond donors (Lipinski definition) is 1. The molecule has 2 aliphatic rings. The second-order valence-electron chi connectivity index (χ2n) is 7.45. The van der Waals surface area contributed by atoms with Crippen LogP contribution >= 0.6 is 0 Å². The largest absolute Gasteiger partial charge is 0.455 e. The molecule has 0 atom stereocenters.